The molecule has 18 heavy (non-hydrogen) atoms. The third-order valence-corrected chi connectivity index (χ3v) is 5.03. The topological polar surface area (TPSA) is 49.9 Å². The number of anilines is 1. The van der Waals surface area contributed by atoms with E-state index in [1.165, 1.54) is 8.61 Å². The highest BCUT2D eigenvalue weighted by Crippen LogP contribution is 2.37. The van der Waals surface area contributed by atoms with Gasteiger partial charge in [-0.05, 0) is 12.5 Å². The molecule has 0 fully saturated rings. The molecule has 1 aliphatic rings. The van der Waals surface area contributed by atoms with Crippen LogP contribution in [0.2, 0.25) is 0 Å². The van der Waals surface area contributed by atoms with Crippen molar-refractivity contribution in [1.29, 1.82) is 0 Å². The van der Waals surface area contributed by atoms with Crippen LogP contribution in [0.25, 0.3) is 0 Å². The van der Waals surface area contributed by atoms with Crippen molar-refractivity contribution in [3.63, 3.8) is 0 Å². The standard InChI is InChI=1S/C12H18N2O3S/c1-13(2)18(15,16)14-9-8-12(17-3)10-6-4-5-7-11(10)14/h4-7,12H,8-9H2,1-3H3. The fourth-order valence-corrected chi connectivity index (χ4v) is 3.32. The molecular weight excluding hydrogens is 252 g/mol. The van der Waals surface area contributed by atoms with Crippen LogP contribution in [0, 0.1) is 0 Å². The van der Waals surface area contributed by atoms with Crippen molar-refractivity contribution in [3.05, 3.63) is 29.8 Å². The van der Waals surface area contributed by atoms with E-state index in [-0.39, 0.29) is 6.10 Å². The van der Waals surface area contributed by atoms with Crippen LogP contribution < -0.4 is 4.31 Å². The van der Waals surface area contributed by atoms with Crippen LogP contribution in [0.1, 0.15) is 18.1 Å². The Morgan fingerprint density at radius 2 is 2.00 bits per heavy atom. The Morgan fingerprint density at radius 1 is 1.33 bits per heavy atom. The predicted octanol–water partition coefficient (Wildman–Crippen LogP) is 1.39. The van der Waals surface area contributed by atoms with Crippen molar-refractivity contribution in [1.82, 2.24) is 4.31 Å². The van der Waals surface area contributed by atoms with Gasteiger partial charge in [-0.3, -0.25) is 4.31 Å². The Labute approximate surface area is 108 Å². The van der Waals surface area contributed by atoms with E-state index in [0.29, 0.717) is 18.7 Å². The Morgan fingerprint density at radius 3 is 2.61 bits per heavy atom. The lowest BCUT2D eigenvalue weighted by atomic mass is 10.0. The quantitative estimate of drug-likeness (QED) is 0.834. The van der Waals surface area contributed by atoms with Crippen molar-refractivity contribution < 1.29 is 13.2 Å². The lowest BCUT2D eigenvalue weighted by Crippen LogP contribution is -2.43. The van der Waals surface area contributed by atoms with Gasteiger partial charge < -0.3 is 4.74 Å². The van der Waals surface area contributed by atoms with Gasteiger partial charge in [-0.2, -0.15) is 12.7 Å². The maximum Gasteiger partial charge on any atom is 0.303 e. The summed E-state index contributed by atoms with van der Waals surface area (Å²) in [7, 11) is 1.30. The summed E-state index contributed by atoms with van der Waals surface area (Å²) in [5.41, 5.74) is 1.64. The molecule has 0 radical (unpaired) electrons. The molecule has 0 aliphatic carbocycles. The highest BCUT2D eigenvalue weighted by Gasteiger charge is 2.32. The normalized spacial score (nSPS) is 20.0. The molecule has 0 amide bonds. The monoisotopic (exact) mass is 270 g/mol. The Kier molecular flexibility index (Phi) is 3.61. The number of hydrogen-bond acceptors (Lipinski definition) is 3. The van der Waals surface area contributed by atoms with E-state index in [9.17, 15) is 8.42 Å². The molecule has 2 rings (SSSR count). The van der Waals surface area contributed by atoms with Gasteiger partial charge in [-0.15, -0.1) is 0 Å². The molecule has 0 N–H and O–H groups in total. The second-order valence-electron chi connectivity index (χ2n) is 4.43. The molecule has 6 heteroatoms. The summed E-state index contributed by atoms with van der Waals surface area (Å²) in [5.74, 6) is 0. The van der Waals surface area contributed by atoms with Gasteiger partial charge in [-0.1, -0.05) is 18.2 Å². The fourth-order valence-electron chi connectivity index (χ4n) is 2.18. The number of rotatable bonds is 3. The smallest absolute Gasteiger partial charge is 0.303 e. The van der Waals surface area contributed by atoms with Gasteiger partial charge in [0.25, 0.3) is 0 Å². The summed E-state index contributed by atoms with van der Waals surface area (Å²) in [5, 5.41) is 0. The van der Waals surface area contributed by atoms with Crippen LogP contribution in [-0.4, -0.2) is 40.5 Å². The summed E-state index contributed by atoms with van der Waals surface area (Å²) in [4.78, 5) is 0. The molecule has 0 saturated carbocycles. The first kappa shape index (κ1) is 13.3. The molecule has 0 spiro atoms. The fraction of sp³-hybridized carbons (Fsp3) is 0.500. The number of nitrogens with zero attached hydrogens (tertiary/aromatic N) is 2. The van der Waals surface area contributed by atoms with E-state index in [1.807, 2.05) is 24.3 Å². The minimum Gasteiger partial charge on any atom is -0.377 e. The third-order valence-electron chi connectivity index (χ3n) is 3.17. The SMILES string of the molecule is COC1CCN(S(=O)(=O)N(C)C)c2ccccc21. The minimum absolute atomic E-state index is 0.0326. The van der Waals surface area contributed by atoms with Crippen LogP contribution in [0.4, 0.5) is 5.69 Å². The number of benzene rings is 1. The molecule has 1 aromatic carbocycles. The van der Waals surface area contributed by atoms with Crippen molar-refractivity contribution in [2.75, 3.05) is 32.1 Å². The van der Waals surface area contributed by atoms with Crippen LogP contribution in [0.5, 0.6) is 0 Å². The van der Waals surface area contributed by atoms with E-state index in [1.54, 1.807) is 21.2 Å². The lowest BCUT2D eigenvalue weighted by molar-refractivity contribution is 0.0950. The van der Waals surface area contributed by atoms with Crippen molar-refractivity contribution >= 4 is 15.9 Å². The zero-order valence-corrected chi connectivity index (χ0v) is 11.6. The summed E-state index contributed by atoms with van der Waals surface area (Å²) in [6.45, 7) is 0.441. The minimum atomic E-state index is -3.43. The molecule has 5 nitrogen and oxygen atoms in total. The molecule has 0 saturated heterocycles. The van der Waals surface area contributed by atoms with Gasteiger partial charge in [-0.25, -0.2) is 0 Å². The van der Waals surface area contributed by atoms with E-state index in [0.717, 1.165) is 5.56 Å². The number of para-hydroxylation sites is 1. The first-order valence-corrected chi connectivity index (χ1v) is 7.20. The summed E-state index contributed by atoms with van der Waals surface area (Å²) >= 11 is 0. The maximum atomic E-state index is 12.3. The van der Waals surface area contributed by atoms with E-state index in [2.05, 4.69) is 0 Å². The highest BCUT2D eigenvalue weighted by atomic mass is 32.2. The molecular formula is C12H18N2O3S. The Balaban J connectivity index is 2.49. The van der Waals surface area contributed by atoms with Crippen molar-refractivity contribution in [2.45, 2.75) is 12.5 Å². The summed E-state index contributed by atoms with van der Waals surface area (Å²) in [6, 6.07) is 7.48. The maximum absolute atomic E-state index is 12.3. The molecule has 100 valence electrons. The molecule has 1 aromatic rings. The summed E-state index contributed by atoms with van der Waals surface area (Å²) < 4.78 is 32.6. The van der Waals surface area contributed by atoms with E-state index >= 15 is 0 Å². The van der Waals surface area contributed by atoms with Crippen LogP contribution in [0.15, 0.2) is 24.3 Å². The van der Waals surface area contributed by atoms with Crippen LogP contribution in [-0.2, 0) is 14.9 Å². The van der Waals surface area contributed by atoms with Gasteiger partial charge in [0.15, 0.2) is 0 Å². The largest absolute Gasteiger partial charge is 0.377 e. The second-order valence-corrected chi connectivity index (χ2v) is 6.50. The highest BCUT2D eigenvalue weighted by molar-refractivity contribution is 7.90. The molecule has 1 heterocycles. The van der Waals surface area contributed by atoms with Gasteiger partial charge in [0, 0.05) is 33.3 Å². The molecule has 1 unspecified atom stereocenters. The third kappa shape index (κ3) is 2.11. The van der Waals surface area contributed by atoms with E-state index in [4.69, 9.17) is 4.74 Å². The van der Waals surface area contributed by atoms with Crippen molar-refractivity contribution in [2.24, 2.45) is 0 Å². The van der Waals surface area contributed by atoms with Crippen LogP contribution >= 0.6 is 0 Å². The zero-order chi connectivity index (χ0) is 13.3. The number of hydrogen-bond donors (Lipinski definition) is 0. The molecule has 1 aliphatic heterocycles. The molecule has 0 bridgehead atoms. The Hall–Kier alpha value is -1.11. The zero-order valence-electron chi connectivity index (χ0n) is 10.8. The number of methoxy groups -OCH3 is 1. The van der Waals surface area contributed by atoms with Crippen LogP contribution in [0.3, 0.4) is 0 Å². The first-order chi connectivity index (χ1) is 8.48. The number of fused-ring (bicyclic) bond motifs is 1. The van der Waals surface area contributed by atoms with Gasteiger partial charge in [0.1, 0.15) is 0 Å². The average molecular weight is 270 g/mol. The van der Waals surface area contributed by atoms with Crippen molar-refractivity contribution in [3.8, 4) is 0 Å². The van der Waals surface area contributed by atoms with E-state index < -0.39 is 10.2 Å². The predicted molar refractivity (Wildman–Crippen MR) is 70.8 cm³/mol. The second kappa shape index (κ2) is 4.87. The average Bonchev–Trinajstić information content (AvgIpc) is 2.37. The van der Waals surface area contributed by atoms with Gasteiger partial charge in [0.05, 0.1) is 11.8 Å². The van der Waals surface area contributed by atoms with Gasteiger partial charge >= 0.3 is 10.2 Å². The summed E-state index contributed by atoms with van der Waals surface area (Å²) in [6.07, 6.45) is 0.635. The first-order valence-electron chi connectivity index (χ1n) is 5.80. The van der Waals surface area contributed by atoms with Gasteiger partial charge in [0.2, 0.25) is 0 Å². The Bertz CT molecular complexity index is 528. The molecule has 0 aromatic heterocycles. The number of ether oxygens (including phenoxy) is 1. The lowest BCUT2D eigenvalue weighted by Gasteiger charge is -2.35. The molecule has 1 atom stereocenters.